The number of piperidine rings is 1. The van der Waals surface area contributed by atoms with Gasteiger partial charge in [0.2, 0.25) is 0 Å². The first-order valence-corrected chi connectivity index (χ1v) is 7.92. The zero-order chi connectivity index (χ0) is 18.0. The number of carbonyl (C=O) groups is 3. The number of amides is 2. The predicted molar refractivity (Wildman–Crippen MR) is 84.7 cm³/mol. The first-order valence-electron chi connectivity index (χ1n) is 7.92. The zero-order valence-corrected chi connectivity index (χ0v) is 13.5. The van der Waals surface area contributed by atoms with Gasteiger partial charge in [-0.3, -0.25) is 14.5 Å². The Bertz CT molecular complexity index is 745. The van der Waals surface area contributed by atoms with Crippen LogP contribution in [-0.2, 0) is 9.53 Å². The number of hydrogen-bond donors (Lipinski definition) is 1. The van der Waals surface area contributed by atoms with Crippen LogP contribution in [0.5, 0.6) is 0 Å². The highest BCUT2D eigenvalue weighted by Gasteiger charge is 2.47. The fourth-order valence-electron chi connectivity index (χ4n) is 3.23. The topological polar surface area (TPSA) is 111 Å². The van der Waals surface area contributed by atoms with Gasteiger partial charge in [0.15, 0.2) is 0 Å². The summed E-state index contributed by atoms with van der Waals surface area (Å²) in [7, 11) is 0. The van der Waals surface area contributed by atoms with Crippen LogP contribution in [0.15, 0.2) is 24.3 Å². The number of likely N-dealkylation sites (tertiary alicyclic amines) is 1. The number of hydrogen-bond acceptors (Lipinski definition) is 5. The van der Waals surface area contributed by atoms with Crippen molar-refractivity contribution in [2.24, 2.45) is 0 Å². The molecule has 8 nitrogen and oxygen atoms in total. The van der Waals surface area contributed by atoms with E-state index in [0.29, 0.717) is 37.1 Å². The smallest absolute Gasteiger partial charge is 0.411 e. The van der Waals surface area contributed by atoms with Crippen LogP contribution < -0.4 is 0 Å². The SMILES string of the molecule is N#Cc1ccc(C(=O)N2CCC3(CC2)CN(CC(=O)O)C(=O)O3)cc1. The molecule has 2 aliphatic heterocycles. The van der Waals surface area contributed by atoms with Crippen molar-refractivity contribution in [3.63, 3.8) is 0 Å². The second-order valence-electron chi connectivity index (χ2n) is 6.28. The lowest BCUT2D eigenvalue weighted by molar-refractivity contribution is -0.137. The molecule has 1 N–H and O–H groups in total. The van der Waals surface area contributed by atoms with Gasteiger partial charge < -0.3 is 14.7 Å². The number of carboxylic acids is 1. The summed E-state index contributed by atoms with van der Waals surface area (Å²) in [6.45, 7) is 0.700. The quantitative estimate of drug-likeness (QED) is 0.879. The van der Waals surface area contributed by atoms with E-state index in [-0.39, 0.29) is 19.0 Å². The molecule has 1 spiro atoms. The van der Waals surface area contributed by atoms with Gasteiger partial charge in [-0.15, -0.1) is 0 Å². The van der Waals surface area contributed by atoms with Gasteiger partial charge in [0, 0.05) is 31.5 Å². The van der Waals surface area contributed by atoms with E-state index in [9.17, 15) is 14.4 Å². The van der Waals surface area contributed by atoms with E-state index in [1.165, 1.54) is 4.90 Å². The third-order valence-electron chi connectivity index (χ3n) is 4.59. The van der Waals surface area contributed by atoms with Gasteiger partial charge in [-0.25, -0.2) is 4.79 Å². The van der Waals surface area contributed by atoms with Crippen molar-refractivity contribution in [3.8, 4) is 6.07 Å². The Labute approximate surface area is 144 Å². The molecule has 2 saturated heterocycles. The Morgan fingerprint density at radius 1 is 1.24 bits per heavy atom. The monoisotopic (exact) mass is 343 g/mol. The first kappa shape index (κ1) is 16.8. The molecule has 0 atom stereocenters. The van der Waals surface area contributed by atoms with E-state index in [1.54, 1.807) is 29.2 Å². The standard InChI is InChI=1S/C17H17N3O5/c18-9-12-1-3-13(4-2-12)15(23)19-7-5-17(6-8-19)11-20(10-14(21)22)16(24)25-17/h1-4H,5-8,10-11H2,(H,21,22). The average molecular weight is 343 g/mol. The van der Waals surface area contributed by atoms with Crippen molar-refractivity contribution in [1.29, 1.82) is 5.26 Å². The van der Waals surface area contributed by atoms with Crippen molar-refractivity contribution in [2.45, 2.75) is 18.4 Å². The van der Waals surface area contributed by atoms with Crippen LogP contribution in [0, 0.1) is 11.3 Å². The third kappa shape index (κ3) is 3.40. The van der Waals surface area contributed by atoms with Crippen LogP contribution in [0.2, 0.25) is 0 Å². The van der Waals surface area contributed by atoms with Crippen molar-refractivity contribution >= 4 is 18.0 Å². The Morgan fingerprint density at radius 2 is 1.88 bits per heavy atom. The van der Waals surface area contributed by atoms with Gasteiger partial charge in [-0.1, -0.05) is 0 Å². The maximum atomic E-state index is 12.5. The van der Waals surface area contributed by atoms with Crippen molar-refractivity contribution < 1.29 is 24.2 Å². The first-order chi connectivity index (χ1) is 11.9. The van der Waals surface area contributed by atoms with Crippen LogP contribution in [0.3, 0.4) is 0 Å². The van der Waals surface area contributed by atoms with E-state index in [0.717, 1.165) is 0 Å². The van der Waals surface area contributed by atoms with E-state index < -0.39 is 17.7 Å². The lowest BCUT2D eigenvalue weighted by Crippen LogP contribution is -2.49. The fourth-order valence-corrected chi connectivity index (χ4v) is 3.23. The number of ether oxygens (including phenoxy) is 1. The van der Waals surface area contributed by atoms with Gasteiger partial charge in [0.25, 0.3) is 5.91 Å². The molecule has 0 bridgehead atoms. The Hall–Kier alpha value is -3.08. The minimum absolute atomic E-state index is 0.133. The van der Waals surface area contributed by atoms with Crippen molar-refractivity contribution in [2.75, 3.05) is 26.2 Å². The molecule has 0 saturated carbocycles. The van der Waals surface area contributed by atoms with E-state index in [4.69, 9.17) is 15.1 Å². The average Bonchev–Trinajstić information content (AvgIpc) is 2.89. The van der Waals surface area contributed by atoms with Gasteiger partial charge in [0.1, 0.15) is 12.1 Å². The minimum Gasteiger partial charge on any atom is -0.480 e. The molecule has 1 aromatic carbocycles. The number of benzene rings is 1. The van der Waals surface area contributed by atoms with Crippen LogP contribution in [-0.4, -0.2) is 64.7 Å². The molecule has 3 rings (SSSR count). The second-order valence-corrected chi connectivity index (χ2v) is 6.28. The molecular weight excluding hydrogens is 326 g/mol. The minimum atomic E-state index is -1.08. The largest absolute Gasteiger partial charge is 0.480 e. The van der Waals surface area contributed by atoms with Crippen molar-refractivity contribution in [3.05, 3.63) is 35.4 Å². The highest BCUT2D eigenvalue weighted by molar-refractivity contribution is 5.94. The lowest BCUT2D eigenvalue weighted by Gasteiger charge is -2.37. The highest BCUT2D eigenvalue weighted by atomic mass is 16.6. The van der Waals surface area contributed by atoms with Crippen LogP contribution in [0.4, 0.5) is 4.79 Å². The predicted octanol–water partition coefficient (Wildman–Crippen LogP) is 1.07. The summed E-state index contributed by atoms with van der Waals surface area (Å²) >= 11 is 0. The number of rotatable bonds is 3. The summed E-state index contributed by atoms with van der Waals surface area (Å²) in [6.07, 6.45) is 0.322. The van der Waals surface area contributed by atoms with Crippen LogP contribution >= 0.6 is 0 Å². The van der Waals surface area contributed by atoms with Gasteiger partial charge >= 0.3 is 12.1 Å². The van der Waals surface area contributed by atoms with Gasteiger partial charge in [0.05, 0.1) is 18.2 Å². The molecule has 8 heteroatoms. The molecule has 1 aromatic rings. The summed E-state index contributed by atoms with van der Waals surface area (Å²) in [6, 6.07) is 8.45. The number of carbonyl (C=O) groups excluding carboxylic acids is 2. The normalized spacial score (nSPS) is 18.8. The molecular formula is C17H17N3O5. The van der Waals surface area contributed by atoms with Gasteiger partial charge in [-0.05, 0) is 24.3 Å². The van der Waals surface area contributed by atoms with Gasteiger partial charge in [-0.2, -0.15) is 5.26 Å². The van der Waals surface area contributed by atoms with Crippen LogP contribution in [0.25, 0.3) is 0 Å². The summed E-state index contributed by atoms with van der Waals surface area (Å²) < 4.78 is 5.42. The summed E-state index contributed by atoms with van der Waals surface area (Å²) in [4.78, 5) is 38.0. The third-order valence-corrected chi connectivity index (χ3v) is 4.59. The highest BCUT2D eigenvalue weighted by Crippen LogP contribution is 2.33. The molecule has 2 aliphatic rings. The summed E-state index contributed by atoms with van der Waals surface area (Å²) in [5.41, 5.74) is 0.282. The van der Waals surface area contributed by atoms with E-state index in [2.05, 4.69) is 0 Å². The van der Waals surface area contributed by atoms with Crippen molar-refractivity contribution in [1.82, 2.24) is 9.80 Å². The number of aliphatic carboxylic acids is 1. The number of nitriles is 1. The Balaban J connectivity index is 1.62. The molecule has 2 amide bonds. The maximum Gasteiger partial charge on any atom is 0.411 e. The van der Waals surface area contributed by atoms with E-state index in [1.807, 2.05) is 6.07 Å². The number of carboxylic acid groups (broad SMARTS) is 1. The Morgan fingerprint density at radius 3 is 2.44 bits per heavy atom. The maximum absolute atomic E-state index is 12.5. The zero-order valence-electron chi connectivity index (χ0n) is 13.5. The fraction of sp³-hybridized carbons (Fsp3) is 0.412. The molecule has 130 valence electrons. The molecule has 0 aliphatic carbocycles. The molecule has 25 heavy (non-hydrogen) atoms. The number of nitrogens with zero attached hydrogens (tertiary/aromatic N) is 3. The molecule has 2 fully saturated rings. The molecule has 0 aromatic heterocycles. The van der Waals surface area contributed by atoms with E-state index >= 15 is 0 Å². The van der Waals surface area contributed by atoms with Crippen LogP contribution in [0.1, 0.15) is 28.8 Å². The second kappa shape index (κ2) is 6.43. The molecule has 0 unspecified atom stereocenters. The molecule has 0 radical (unpaired) electrons. The summed E-state index contributed by atoms with van der Waals surface area (Å²) in [5.74, 6) is -1.21. The Kier molecular flexibility index (Phi) is 4.31. The summed E-state index contributed by atoms with van der Waals surface area (Å²) in [5, 5.41) is 17.6. The lowest BCUT2D eigenvalue weighted by atomic mass is 9.91. The molecule has 2 heterocycles.